The number of ketones is 1. The van der Waals surface area contributed by atoms with Gasteiger partial charge in [0, 0.05) is 26.3 Å². The van der Waals surface area contributed by atoms with Crippen LogP contribution in [0, 0.1) is 0 Å². The van der Waals surface area contributed by atoms with E-state index >= 15 is 0 Å². The lowest BCUT2D eigenvalue weighted by molar-refractivity contribution is -0.291. The molecule has 3 rings (SSSR count). The number of ether oxygens (including phenoxy) is 5. The van der Waals surface area contributed by atoms with Gasteiger partial charge < -0.3 is 23.7 Å². The van der Waals surface area contributed by atoms with Crippen LogP contribution in [0.2, 0.25) is 0 Å². The average molecular weight is 498 g/mol. The molecule has 1 fully saturated rings. The Labute approximate surface area is 207 Å². The van der Waals surface area contributed by atoms with Crippen molar-refractivity contribution in [2.75, 3.05) is 0 Å². The minimum absolute atomic E-state index is 0.0728. The van der Waals surface area contributed by atoms with E-state index in [1.165, 1.54) is 13.0 Å². The third-order valence-electron chi connectivity index (χ3n) is 5.27. The zero-order chi connectivity index (χ0) is 26.4. The Morgan fingerprint density at radius 3 is 1.83 bits per heavy atom. The van der Waals surface area contributed by atoms with E-state index in [4.69, 9.17) is 23.7 Å². The van der Waals surface area contributed by atoms with Crippen LogP contribution in [0.25, 0.3) is 11.1 Å². The van der Waals surface area contributed by atoms with Crippen molar-refractivity contribution in [3.8, 4) is 11.1 Å². The van der Waals surface area contributed by atoms with Crippen molar-refractivity contribution < 1.29 is 47.7 Å². The number of esters is 4. The van der Waals surface area contributed by atoms with E-state index in [2.05, 4.69) is 0 Å². The summed E-state index contributed by atoms with van der Waals surface area (Å²) >= 11 is 0. The molecule has 0 N–H and O–H groups in total. The first-order valence-corrected chi connectivity index (χ1v) is 11.1. The first-order valence-electron chi connectivity index (χ1n) is 11.1. The molecule has 0 aromatic heterocycles. The molecule has 1 saturated heterocycles. The molecule has 2 aromatic rings. The average Bonchev–Trinajstić information content (AvgIpc) is 2.83. The fraction of sp³-hybridized carbons (Fsp3) is 0.346. The van der Waals surface area contributed by atoms with Gasteiger partial charge in [0.1, 0.15) is 0 Å². The molecule has 1 aliphatic rings. The molecule has 0 spiro atoms. The molecule has 10 heteroatoms. The van der Waals surface area contributed by atoms with Crippen LogP contribution in [0.15, 0.2) is 54.6 Å². The largest absolute Gasteiger partial charge is 0.456 e. The van der Waals surface area contributed by atoms with Crippen LogP contribution in [0.3, 0.4) is 0 Å². The molecule has 190 valence electrons. The zero-order valence-corrected chi connectivity index (χ0v) is 20.2. The van der Waals surface area contributed by atoms with Gasteiger partial charge in [-0.25, -0.2) is 4.79 Å². The van der Waals surface area contributed by atoms with Gasteiger partial charge in [-0.3, -0.25) is 19.2 Å². The molecule has 5 atom stereocenters. The highest BCUT2D eigenvalue weighted by Gasteiger charge is 2.52. The van der Waals surface area contributed by atoms with Gasteiger partial charge in [-0.2, -0.15) is 0 Å². The van der Waals surface area contributed by atoms with E-state index in [1.807, 2.05) is 30.3 Å². The van der Waals surface area contributed by atoms with Crippen LogP contribution in [-0.2, 0) is 42.9 Å². The number of hydrogen-bond donors (Lipinski definition) is 0. The number of hydrogen-bond acceptors (Lipinski definition) is 10. The molecule has 0 saturated carbocycles. The second-order valence-electron chi connectivity index (χ2n) is 8.11. The van der Waals surface area contributed by atoms with E-state index < -0.39 is 60.4 Å². The summed E-state index contributed by atoms with van der Waals surface area (Å²) in [5.74, 6) is -4.50. The van der Waals surface area contributed by atoms with Crippen molar-refractivity contribution in [2.45, 2.75) is 58.4 Å². The van der Waals surface area contributed by atoms with Gasteiger partial charge in [0.05, 0.1) is 6.10 Å². The molecular weight excluding hydrogens is 472 g/mol. The molecule has 1 aliphatic heterocycles. The Bertz CT molecular complexity index is 1140. The minimum Gasteiger partial charge on any atom is -0.456 e. The van der Waals surface area contributed by atoms with Crippen LogP contribution >= 0.6 is 0 Å². The first-order chi connectivity index (χ1) is 17.1. The Kier molecular flexibility index (Phi) is 8.55. The monoisotopic (exact) mass is 498 g/mol. The van der Waals surface area contributed by atoms with Crippen LogP contribution in [0.5, 0.6) is 0 Å². The maximum Gasteiger partial charge on any atom is 0.382 e. The van der Waals surface area contributed by atoms with Crippen molar-refractivity contribution in [2.24, 2.45) is 0 Å². The van der Waals surface area contributed by atoms with E-state index in [0.717, 1.165) is 26.3 Å². The summed E-state index contributed by atoms with van der Waals surface area (Å²) in [4.78, 5) is 60.8. The quantitative estimate of drug-likeness (QED) is 0.243. The molecule has 36 heavy (non-hydrogen) atoms. The van der Waals surface area contributed by atoms with Crippen LogP contribution in [-0.4, -0.2) is 60.4 Å². The van der Waals surface area contributed by atoms with E-state index in [1.54, 1.807) is 18.2 Å². The van der Waals surface area contributed by atoms with E-state index in [0.29, 0.717) is 5.56 Å². The van der Waals surface area contributed by atoms with E-state index in [-0.39, 0.29) is 5.56 Å². The molecule has 0 radical (unpaired) electrons. The third-order valence-corrected chi connectivity index (χ3v) is 5.27. The summed E-state index contributed by atoms with van der Waals surface area (Å²) in [6, 6.07) is 15.7. The van der Waals surface area contributed by atoms with Crippen LogP contribution in [0.4, 0.5) is 0 Å². The first kappa shape index (κ1) is 26.6. The van der Waals surface area contributed by atoms with Gasteiger partial charge in [0.25, 0.3) is 5.78 Å². The number of benzene rings is 2. The van der Waals surface area contributed by atoms with Crippen molar-refractivity contribution in [1.82, 2.24) is 0 Å². The third kappa shape index (κ3) is 6.54. The lowest BCUT2D eigenvalue weighted by Crippen LogP contribution is -2.61. The summed E-state index contributed by atoms with van der Waals surface area (Å²) in [5, 5.41) is 0. The maximum absolute atomic E-state index is 12.9. The van der Waals surface area contributed by atoms with Crippen molar-refractivity contribution >= 4 is 29.7 Å². The summed E-state index contributed by atoms with van der Waals surface area (Å²) < 4.78 is 26.6. The Hall–Kier alpha value is -4.05. The van der Waals surface area contributed by atoms with Gasteiger partial charge in [-0.05, 0) is 24.1 Å². The minimum atomic E-state index is -1.62. The molecule has 0 unspecified atom stereocenters. The fourth-order valence-corrected chi connectivity index (χ4v) is 3.81. The normalized spacial score (nSPS) is 23.2. The Morgan fingerprint density at radius 1 is 0.667 bits per heavy atom. The highest BCUT2D eigenvalue weighted by Crippen LogP contribution is 2.30. The summed E-state index contributed by atoms with van der Waals surface area (Å²) in [6.07, 6.45) is -6.58. The standard InChI is InChI=1S/C26H26O10/c1-14-22(33-15(2)27)23(34-16(3)28)24(35-17(4)29)26(32-14)36-25(31)21(30)20-12-8-11-19(13-20)18-9-6-5-7-10-18/h5-14,22-24,26H,1-4H3/t14-,22+,23+,24-,26+/m0/s1. The highest BCUT2D eigenvalue weighted by molar-refractivity contribution is 6.40. The summed E-state index contributed by atoms with van der Waals surface area (Å²) in [7, 11) is 0. The number of carbonyl (C=O) groups is 5. The second-order valence-corrected chi connectivity index (χ2v) is 8.11. The van der Waals surface area contributed by atoms with Gasteiger partial charge in [0.15, 0.2) is 12.2 Å². The topological polar surface area (TPSA) is 132 Å². The summed E-state index contributed by atoms with van der Waals surface area (Å²) in [6.45, 7) is 4.83. The number of Topliss-reactive ketones (excluding diaryl/α,β-unsaturated/α-hetero) is 1. The maximum atomic E-state index is 12.9. The molecule has 2 aromatic carbocycles. The molecular formula is C26H26O10. The zero-order valence-electron chi connectivity index (χ0n) is 20.2. The van der Waals surface area contributed by atoms with Gasteiger partial charge in [-0.1, -0.05) is 48.5 Å². The summed E-state index contributed by atoms with van der Waals surface area (Å²) in [5.41, 5.74) is 1.64. The predicted octanol–water partition coefficient (Wildman–Crippen LogP) is 2.62. The van der Waals surface area contributed by atoms with Crippen molar-refractivity contribution in [1.29, 1.82) is 0 Å². The van der Waals surface area contributed by atoms with Gasteiger partial charge in [0.2, 0.25) is 12.4 Å². The lowest BCUT2D eigenvalue weighted by Gasteiger charge is -2.42. The molecule has 0 amide bonds. The Balaban J connectivity index is 1.85. The Morgan fingerprint density at radius 2 is 1.22 bits per heavy atom. The molecule has 0 bridgehead atoms. The smallest absolute Gasteiger partial charge is 0.382 e. The highest BCUT2D eigenvalue weighted by atomic mass is 16.7. The second kappa shape index (κ2) is 11.6. The van der Waals surface area contributed by atoms with Crippen LogP contribution < -0.4 is 0 Å². The van der Waals surface area contributed by atoms with E-state index in [9.17, 15) is 24.0 Å². The van der Waals surface area contributed by atoms with Crippen LogP contribution in [0.1, 0.15) is 38.1 Å². The van der Waals surface area contributed by atoms with Gasteiger partial charge >= 0.3 is 23.9 Å². The van der Waals surface area contributed by atoms with Crippen molar-refractivity contribution in [3.05, 3.63) is 60.2 Å². The molecule has 0 aliphatic carbocycles. The fourth-order valence-electron chi connectivity index (χ4n) is 3.81. The number of carbonyl (C=O) groups excluding carboxylic acids is 5. The van der Waals surface area contributed by atoms with Gasteiger partial charge in [-0.15, -0.1) is 0 Å². The van der Waals surface area contributed by atoms with Crippen molar-refractivity contribution in [3.63, 3.8) is 0 Å². The molecule has 1 heterocycles. The lowest BCUT2D eigenvalue weighted by atomic mass is 9.98. The SMILES string of the molecule is CC(=O)O[C@H]1[C@H](OC(C)=O)[C@@H](OC(=O)C(=O)c2cccc(-c3ccccc3)c2)O[C@@H](C)[C@H]1OC(C)=O. The molecule has 10 nitrogen and oxygen atoms in total. The number of rotatable bonds is 7. The predicted molar refractivity (Wildman–Crippen MR) is 123 cm³/mol.